The fourth-order valence-electron chi connectivity index (χ4n) is 5.35. The van der Waals surface area contributed by atoms with Crippen LogP contribution in [0.1, 0.15) is 56.8 Å². The molecule has 2 N–H and O–H groups in total. The van der Waals surface area contributed by atoms with Crippen molar-refractivity contribution in [3.63, 3.8) is 0 Å². The van der Waals surface area contributed by atoms with E-state index in [2.05, 4.69) is 53.7 Å². The Kier molecular flexibility index (Phi) is 7.84. The zero-order valence-electron chi connectivity index (χ0n) is 17.9. The summed E-state index contributed by atoms with van der Waals surface area (Å²) >= 11 is 0. The predicted molar refractivity (Wildman–Crippen MR) is 128 cm³/mol. The van der Waals surface area contributed by atoms with Crippen LogP contribution >= 0.6 is 24.0 Å². The van der Waals surface area contributed by atoms with Crippen LogP contribution < -0.4 is 10.6 Å². The van der Waals surface area contributed by atoms with E-state index in [9.17, 15) is 0 Å². The number of nitrogens with zero attached hydrogens (tertiary/aromatic N) is 1. The summed E-state index contributed by atoms with van der Waals surface area (Å²) in [5.41, 5.74) is 3.01. The average Bonchev–Trinajstić information content (AvgIpc) is 3.17. The molecule has 0 aromatic heterocycles. The van der Waals surface area contributed by atoms with E-state index in [4.69, 9.17) is 9.47 Å². The average molecular weight is 513 g/mol. The third-order valence-electron chi connectivity index (χ3n) is 6.86. The van der Waals surface area contributed by atoms with E-state index in [1.165, 1.54) is 24.0 Å². The van der Waals surface area contributed by atoms with Gasteiger partial charge in [0, 0.05) is 44.2 Å². The number of aryl methyl sites for hydroxylation is 1. The molecular weight excluding hydrogens is 477 g/mol. The third-order valence-corrected chi connectivity index (χ3v) is 6.86. The lowest BCUT2D eigenvalue weighted by molar-refractivity contribution is -0.106. The number of guanidine groups is 1. The van der Waals surface area contributed by atoms with Crippen LogP contribution in [0.25, 0.3) is 0 Å². The number of rotatable bonds is 6. The summed E-state index contributed by atoms with van der Waals surface area (Å²) in [6, 6.07) is 9.15. The minimum atomic E-state index is 0. The number of benzene rings is 1. The Balaban J connectivity index is 0.00000240. The van der Waals surface area contributed by atoms with Crippen LogP contribution in [0.3, 0.4) is 0 Å². The molecule has 1 heterocycles. The highest BCUT2D eigenvalue weighted by molar-refractivity contribution is 14.0. The van der Waals surface area contributed by atoms with Crippen molar-refractivity contribution in [2.75, 3.05) is 26.8 Å². The highest BCUT2D eigenvalue weighted by atomic mass is 127. The van der Waals surface area contributed by atoms with Gasteiger partial charge >= 0.3 is 0 Å². The summed E-state index contributed by atoms with van der Waals surface area (Å²) in [5.74, 6) is 1.51. The van der Waals surface area contributed by atoms with E-state index >= 15 is 0 Å². The van der Waals surface area contributed by atoms with Crippen molar-refractivity contribution in [1.29, 1.82) is 0 Å². The summed E-state index contributed by atoms with van der Waals surface area (Å²) in [5, 5.41) is 7.10. The minimum Gasteiger partial charge on any atom is -0.377 e. The molecule has 162 valence electrons. The largest absolute Gasteiger partial charge is 0.377 e. The van der Waals surface area contributed by atoms with Gasteiger partial charge in [-0.15, -0.1) is 24.0 Å². The molecule has 4 atom stereocenters. The summed E-state index contributed by atoms with van der Waals surface area (Å²) in [4.78, 5) is 4.42. The molecule has 2 fully saturated rings. The van der Waals surface area contributed by atoms with E-state index in [-0.39, 0.29) is 35.5 Å². The third kappa shape index (κ3) is 4.74. The number of aliphatic imine (C=N–C) groups is 1. The van der Waals surface area contributed by atoms with Gasteiger partial charge in [0.2, 0.25) is 0 Å². The molecule has 0 bridgehead atoms. The molecule has 3 aliphatic rings. The van der Waals surface area contributed by atoms with Crippen LogP contribution in [0.5, 0.6) is 0 Å². The van der Waals surface area contributed by atoms with Gasteiger partial charge in [0.15, 0.2) is 5.96 Å². The second kappa shape index (κ2) is 9.96. The maximum Gasteiger partial charge on any atom is 0.191 e. The zero-order chi connectivity index (χ0) is 19.6. The number of fused-ring (bicyclic) bond motifs is 2. The maximum atomic E-state index is 6.21. The van der Waals surface area contributed by atoms with E-state index in [1.807, 2.05) is 7.05 Å². The Bertz CT molecular complexity index is 709. The first-order valence-electron chi connectivity index (χ1n) is 10.9. The van der Waals surface area contributed by atoms with E-state index < -0.39 is 0 Å². The fourth-order valence-corrected chi connectivity index (χ4v) is 5.35. The summed E-state index contributed by atoms with van der Waals surface area (Å²) in [6.45, 7) is 7.12. The van der Waals surface area contributed by atoms with Crippen LogP contribution in [0.15, 0.2) is 29.3 Å². The molecule has 0 radical (unpaired) electrons. The lowest BCUT2D eigenvalue weighted by Crippen LogP contribution is -2.68. The zero-order valence-corrected chi connectivity index (χ0v) is 20.3. The second-order valence-electron chi connectivity index (χ2n) is 8.99. The topological polar surface area (TPSA) is 54.9 Å². The van der Waals surface area contributed by atoms with Crippen molar-refractivity contribution in [3.05, 3.63) is 35.4 Å². The Hall–Kier alpha value is -0.860. The highest BCUT2D eigenvalue weighted by Gasteiger charge is 2.59. The van der Waals surface area contributed by atoms with Gasteiger partial charge in [-0.2, -0.15) is 0 Å². The van der Waals surface area contributed by atoms with Crippen LogP contribution in [0.2, 0.25) is 0 Å². The van der Waals surface area contributed by atoms with Crippen LogP contribution in [0, 0.1) is 11.3 Å². The highest BCUT2D eigenvalue weighted by Crippen LogP contribution is 2.52. The number of hydrogen-bond acceptors (Lipinski definition) is 3. The van der Waals surface area contributed by atoms with Crippen molar-refractivity contribution in [2.24, 2.45) is 16.3 Å². The number of halogens is 1. The van der Waals surface area contributed by atoms with E-state index in [1.54, 1.807) is 0 Å². The standard InChI is InChI=1S/C23H35N3O2.HI/c1-23(2)20(18-12-15-28-21(18)23)26-22(24-3)25-13-7-14-27-19-11-6-9-16-8-4-5-10-17(16)19;/h4-5,8,10,18-21H,6-7,9,11-15H2,1-3H3,(H2,24,25,26);1H. The second-order valence-corrected chi connectivity index (χ2v) is 8.99. The van der Waals surface area contributed by atoms with Crippen molar-refractivity contribution >= 4 is 29.9 Å². The summed E-state index contributed by atoms with van der Waals surface area (Å²) in [6.07, 6.45) is 6.33. The molecular formula is C23H36IN3O2. The molecule has 0 amide bonds. The Morgan fingerprint density at radius 3 is 2.93 bits per heavy atom. The molecule has 1 saturated carbocycles. The summed E-state index contributed by atoms with van der Waals surface area (Å²) < 4.78 is 12.1. The van der Waals surface area contributed by atoms with Gasteiger partial charge < -0.3 is 20.1 Å². The first-order valence-corrected chi connectivity index (χ1v) is 10.9. The first-order chi connectivity index (χ1) is 13.6. The van der Waals surface area contributed by atoms with Crippen LogP contribution in [-0.2, 0) is 15.9 Å². The lowest BCUT2D eigenvalue weighted by atomic mass is 9.57. The fraction of sp³-hybridized carbons (Fsp3) is 0.696. The SMILES string of the molecule is CN=C(NCCCOC1CCCc2ccccc21)NC1C2CCOC2C1(C)C.I. The van der Waals surface area contributed by atoms with Crippen molar-refractivity contribution in [3.8, 4) is 0 Å². The molecule has 2 aliphatic carbocycles. The monoisotopic (exact) mass is 513 g/mol. The maximum absolute atomic E-state index is 6.21. The molecule has 4 rings (SSSR count). The molecule has 5 nitrogen and oxygen atoms in total. The number of hydrogen-bond donors (Lipinski definition) is 2. The van der Waals surface area contributed by atoms with Gasteiger partial charge in [0.1, 0.15) is 0 Å². The number of nitrogens with one attached hydrogen (secondary N) is 2. The van der Waals surface area contributed by atoms with Crippen LogP contribution in [0.4, 0.5) is 0 Å². The van der Waals surface area contributed by atoms with Crippen molar-refractivity contribution in [2.45, 2.75) is 64.2 Å². The van der Waals surface area contributed by atoms with Gasteiger partial charge in [-0.25, -0.2) is 0 Å². The summed E-state index contributed by atoms with van der Waals surface area (Å²) in [7, 11) is 1.85. The number of ether oxygens (including phenoxy) is 2. The Labute approximate surface area is 192 Å². The first kappa shape index (κ1) is 22.8. The molecule has 29 heavy (non-hydrogen) atoms. The van der Waals surface area contributed by atoms with Gasteiger partial charge in [-0.3, -0.25) is 4.99 Å². The van der Waals surface area contributed by atoms with E-state index in [0.29, 0.717) is 18.1 Å². The van der Waals surface area contributed by atoms with Gasteiger partial charge in [0.05, 0.1) is 12.2 Å². The molecule has 1 saturated heterocycles. The van der Waals surface area contributed by atoms with Crippen molar-refractivity contribution < 1.29 is 9.47 Å². The predicted octanol–water partition coefficient (Wildman–Crippen LogP) is 4.07. The molecule has 4 unspecified atom stereocenters. The molecule has 6 heteroatoms. The van der Waals surface area contributed by atoms with Crippen molar-refractivity contribution in [1.82, 2.24) is 10.6 Å². The quantitative estimate of drug-likeness (QED) is 0.261. The normalized spacial score (nSPS) is 29.8. The lowest BCUT2D eigenvalue weighted by Gasteiger charge is -2.54. The smallest absolute Gasteiger partial charge is 0.191 e. The molecule has 1 aromatic rings. The van der Waals surface area contributed by atoms with Gasteiger partial charge in [0.25, 0.3) is 0 Å². The van der Waals surface area contributed by atoms with Gasteiger partial charge in [-0.1, -0.05) is 38.1 Å². The molecule has 0 spiro atoms. The minimum absolute atomic E-state index is 0. The van der Waals surface area contributed by atoms with E-state index in [0.717, 1.165) is 45.0 Å². The molecule has 1 aromatic carbocycles. The Morgan fingerprint density at radius 1 is 1.28 bits per heavy atom. The molecule has 1 aliphatic heterocycles. The van der Waals surface area contributed by atoms with Crippen LogP contribution in [-0.4, -0.2) is 44.9 Å². The Morgan fingerprint density at radius 2 is 2.10 bits per heavy atom. The van der Waals surface area contributed by atoms with Gasteiger partial charge in [-0.05, 0) is 43.2 Å².